The first kappa shape index (κ1) is 22.4. The van der Waals surface area contributed by atoms with E-state index in [0.717, 1.165) is 0 Å². The standard InChI is InChI=1S/C23H23F3N2O3/c1-27(2)16-8-9-19-17(13-16)21(23(24,25)26)18(22(31)28(19)3)12-15-6-4-5-14(11-15)7-10-20(29)30/h4-6,8-9,11,13H,7,10,12H2,1-3H3,(H,29,30). The third-order valence-corrected chi connectivity index (χ3v) is 5.28. The van der Waals surface area contributed by atoms with Gasteiger partial charge in [0.15, 0.2) is 0 Å². The van der Waals surface area contributed by atoms with Crippen LogP contribution in [0.1, 0.15) is 28.7 Å². The predicted molar refractivity (Wildman–Crippen MR) is 114 cm³/mol. The predicted octanol–water partition coefficient (Wildman–Crippen LogP) is 4.23. The van der Waals surface area contributed by atoms with E-state index in [2.05, 4.69) is 0 Å². The lowest BCUT2D eigenvalue weighted by molar-refractivity contribution is -0.137. The van der Waals surface area contributed by atoms with E-state index in [0.29, 0.717) is 16.8 Å². The molecule has 3 rings (SSSR count). The number of carboxylic acids is 1. The zero-order chi connectivity index (χ0) is 22.9. The average Bonchev–Trinajstić information content (AvgIpc) is 2.69. The van der Waals surface area contributed by atoms with Crippen LogP contribution in [0.25, 0.3) is 10.9 Å². The molecule has 0 unspecified atom stereocenters. The summed E-state index contributed by atoms with van der Waals surface area (Å²) in [6.45, 7) is 0. The number of carboxylic acid groups (broad SMARTS) is 1. The Morgan fingerprint density at radius 1 is 1.10 bits per heavy atom. The van der Waals surface area contributed by atoms with Crippen molar-refractivity contribution in [1.82, 2.24) is 4.57 Å². The molecule has 0 saturated carbocycles. The Labute approximate surface area is 177 Å². The number of alkyl halides is 3. The molecule has 1 N–H and O–H groups in total. The lowest BCUT2D eigenvalue weighted by Crippen LogP contribution is -2.27. The van der Waals surface area contributed by atoms with E-state index >= 15 is 0 Å². The lowest BCUT2D eigenvalue weighted by atomic mass is 9.95. The molecule has 3 aromatic rings. The van der Waals surface area contributed by atoms with Gasteiger partial charge in [0, 0.05) is 50.6 Å². The van der Waals surface area contributed by atoms with Crippen LogP contribution in [0, 0.1) is 0 Å². The summed E-state index contributed by atoms with van der Waals surface area (Å²) in [5.74, 6) is -0.954. The number of aromatic nitrogens is 1. The van der Waals surface area contributed by atoms with E-state index in [1.54, 1.807) is 49.3 Å². The number of anilines is 1. The lowest BCUT2D eigenvalue weighted by Gasteiger charge is -2.20. The highest BCUT2D eigenvalue weighted by atomic mass is 19.4. The van der Waals surface area contributed by atoms with Crippen molar-refractivity contribution in [2.75, 3.05) is 19.0 Å². The van der Waals surface area contributed by atoms with Gasteiger partial charge in [-0.15, -0.1) is 0 Å². The minimum Gasteiger partial charge on any atom is -0.481 e. The monoisotopic (exact) mass is 432 g/mol. The molecule has 0 bridgehead atoms. The van der Waals surface area contributed by atoms with Gasteiger partial charge in [-0.3, -0.25) is 9.59 Å². The van der Waals surface area contributed by atoms with Crippen molar-refractivity contribution < 1.29 is 23.1 Å². The van der Waals surface area contributed by atoms with Gasteiger partial charge >= 0.3 is 12.1 Å². The summed E-state index contributed by atoms with van der Waals surface area (Å²) in [5, 5.41) is 8.83. The first-order chi connectivity index (χ1) is 14.5. The van der Waals surface area contributed by atoms with Crippen molar-refractivity contribution in [1.29, 1.82) is 0 Å². The Morgan fingerprint density at radius 2 is 1.77 bits per heavy atom. The molecule has 0 aliphatic carbocycles. The number of fused-ring (bicyclic) bond motifs is 1. The van der Waals surface area contributed by atoms with Gasteiger partial charge in [0.2, 0.25) is 0 Å². The molecule has 164 valence electrons. The molecule has 0 amide bonds. The van der Waals surface area contributed by atoms with Crippen molar-refractivity contribution in [3.05, 3.63) is 75.1 Å². The number of aryl methyl sites for hydroxylation is 2. The average molecular weight is 432 g/mol. The summed E-state index contributed by atoms with van der Waals surface area (Å²) in [6, 6.07) is 11.3. The third-order valence-electron chi connectivity index (χ3n) is 5.28. The SMILES string of the molecule is CN(C)c1ccc2c(c1)c(C(F)(F)F)c(Cc1cccc(CCC(=O)O)c1)c(=O)n2C. The number of benzene rings is 2. The Bertz CT molecular complexity index is 1200. The molecule has 1 aromatic heterocycles. The van der Waals surface area contributed by atoms with Crippen molar-refractivity contribution in [3.63, 3.8) is 0 Å². The summed E-state index contributed by atoms with van der Waals surface area (Å²) >= 11 is 0. The van der Waals surface area contributed by atoms with E-state index in [4.69, 9.17) is 5.11 Å². The molecular formula is C23H23F3N2O3. The second-order valence-electron chi connectivity index (χ2n) is 7.70. The minimum atomic E-state index is -4.72. The molecule has 0 aliphatic rings. The highest BCUT2D eigenvalue weighted by Crippen LogP contribution is 2.38. The highest BCUT2D eigenvalue weighted by molar-refractivity contribution is 5.87. The van der Waals surface area contributed by atoms with Gasteiger partial charge in [0.25, 0.3) is 5.56 Å². The molecule has 0 atom stereocenters. The van der Waals surface area contributed by atoms with Gasteiger partial charge in [0.1, 0.15) is 0 Å². The molecule has 8 heteroatoms. The number of halogens is 3. The smallest absolute Gasteiger partial charge is 0.417 e. The van der Waals surface area contributed by atoms with Crippen LogP contribution < -0.4 is 10.5 Å². The quantitative estimate of drug-likeness (QED) is 0.633. The first-order valence-electron chi connectivity index (χ1n) is 9.68. The van der Waals surface area contributed by atoms with Gasteiger partial charge in [-0.1, -0.05) is 24.3 Å². The molecule has 2 aromatic carbocycles. The van der Waals surface area contributed by atoms with Crippen LogP contribution in [0.5, 0.6) is 0 Å². The molecule has 0 aliphatic heterocycles. The maximum Gasteiger partial charge on any atom is 0.417 e. The maximum absolute atomic E-state index is 14.2. The van der Waals surface area contributed by atoms with Crippen molar-refractivity contribution in [2.45, 2.75) is 25.4 Å². The Hall–Kier alpha value is -3.29. The molecule has 5 nitrogen and oxygen atoms in total. The normalized spacial score (nSPS) is 11.7. The van der Waals surface area contributed by atoms with Crippen LogP contribution >= 0.6 is 0 Å². The Kier molecular flexibility index (Phi) is 6.10. The number of aliphatic carboxylic acids is 1. The fourth-order valence-corrected chi connectivity index (χ4v) is 3.71. The molecule has 0 spiro atoms. The van der Waals surface area contributed by atoms with Crippen molar-refractivity contribution >= 4 is 22.6 Å². The van der Waals surface area contributed by atoms with Crippen LogP contribution in [0.15, 0.2) is 47.3 Å². The van der Waals surface area contributed by atoms with Crippen LogP contribution in [-0.4, -0.2) is 29.7 Å². The van der Waals surface area contributed by atoms with Crippen molar-refractivity contribution in [2.24, 2.45) is 7.05 Å². The van der Waals surface area contributed by atoms with Crippen LogP contribution in [0.4, 0.5) is 18.9 Å². The summed E-state index contributed by atoms with van der Waals surface area (Å²) in [6.07, 6.45) is -4.74. The molecule has 31 heavy (non-hydrogen) atoms. The number of pyridine rings is 1. The Morgan fingerprint density at radius 3 is 2.39 bits per heavy atom. The van der Waals surface area contributed by atoms with Crippen LogP contribution in [0.2, 0.25) is 0 Å². The number of carbonyl (C=O) groups is 1. The summed E-state index contributed by atoms with van der Waals surface area (Å²) in [7, 11) is 4.94. The van der Waals surface area contributed by atoms with E-state index in [1.165, 1.54) is 23.7 Å². The molecule has 1 heterocycles. The second kappa shape index (κ2) is 8.45. The highest BCUT2D eigenvalue weighted by Gasteiger charge is 2.37. The minimum absolute atomic E-state index is 0.0298. The summed E-state index contributed by atoms with van der Waals surface area (Å²) < 4.78 is 43.8. The molecule has 0 fully saturated rings. The fourth-order valence-electron chi connectivity index (χ4n) is 3.71. The van der Waals surface area contributed by atoms with E-state index in [1.807, 2.05) is 0 Å². The number of hydrogen-bond donors (Lipinski definition) is 1. The molecule has 0 radical (unpaired) electrons. The van der Waals surface area contributed by atoms with Gasteiger partial charge in [-0.05, 0) is 35.7 Å². The molecular weight excluding hydrogens is 409 g/mol. The van der Waals surface area contributed by atoms with Gasteiger partial charge in [0.05, 0.1) is 11.1 Å². The number of nitrogens with zero attached hydrogens (tertiary/aromatic N) is 2. The zero-order valence-corrected chi connectivity index (χ0v) is 17.5. The number of rotatable bonds is 6. The first-order valence-corrected chi connectivity index (χ1v) is 9.68. The van der Waals surface area contributed by atoms with E-state index < -0.39 is 23.3 Å². The summed E-state index contributed by atoms with van der Waals surface area (Å²) in [5.41, 5.74) is 0.0714. The van der Waals surface area contributed by atoms with E-state index in [9.17, 15) is 22.8 Å². The van der Waals surface area contributed by atoms with Crippen LogP contribution in [-0.2, 0) is 30.9 Å². The van der Waals surface area contributed by atoms with Gasteiger partial charge < -0.3 is 14.6 Å². The maximum atomic E-state index is 14.2. The number of hydrogen-bond acceptors (Lipinski definition) is 3. The summed E-state index contributed by atoms with van der Waals surface area (Å²) in [4.78, 5) is 25.5. The molecule has 0 saturated heterocycles. The van der Waals surface area contributed by atoms with Crippen molar-refractivity contribution in [3.8, 4) is 0 Å². The van der Waals surface area contributed by atoms with Gasteiger partial charge in [-0.25, -0.2) is 0 Å². The topological polar surface area (TPSA) is 62.5 Å². The fraction of sp³-hybridized carbons (Fsp3) is 0.304. The van der Waals surface area contributed by atoms with E-state index in [-0.39, 0.29) is 35.7 Å². The zero-order valence-electron chi connectivity index (χ0n) is 17.5. The van der Waals surface area contributed by atoms with Crippen LogP contribution in [0.3, 0.4) is 0 Å². The largest absolute Gasteiger partial charge is 0.481 e. The van der Waals surface area contributed by atoms with Gasteiger partial charge in [-0.2, -0.15) is 13.2 Å². The Balaban J connectivity index is 2.20. The second-order valence-corrected chi connectivity index (χ2v) is 7.70. The third kappa shape index (κ3) is 4.73.